The summed E-state index contributed by atoms with van der Waals surface area (Å²) in [5, 5.41) is 29.5. The second kappa shape index (κ2) is 17.3. The topological polar surface area (TPSA) is 215 Å². The summed E-state index contributed by atoms with van der Waals surface area (Å²) < 4.78 is 0. The molecule has 0 aliphatic carbocycles. The molecular formula is C32H54N6O9. The normalized spacial score (nSPS) is 20.0. The van der Waals surface area contributed by atoms with Crippen molar-refractivity contribution in [2.45, 2.75) is 124 Å². The van der Waals surface area contributed by atoms with Crippen molar-refractivity contribution in [2.75, 3.05) is 19.6 Å². The lowest BCUT2D eigenvalue weighted by Gasteiger charge is -2.37. The van der Waals surface area contributed by atoms with Gasteiger partial charge in [-0.2, -0.15) is 0 Å². The Morgan fingerprint density at radius 1 is 0.830 bits per heavy atom. The third kappa shape index (κ3) is 11.1. The summed E-state index contributed by atoms with van der Waals surface area (Å²) in [6.07, 6.45) is 2.30. The van der Waals surface area contributed by atoms with Crippen molar-refractivity contribution in [2.24, 2.45) is 17.3 Å². The van der Waals surface area contributed by atoms with Gasteiger partial charge in [-0.3, -0.25) is 24.0 Å². The summed E-state index contributed by atoms with van der Waals surface area (Å²) in [5.41, 5.74) is -0.811. The molecule has 0 saturated carbocycles. The van der Waals surface area contributed by atoms with Crippen LogP contribution in [0.1, 0.15) is 93.4 Å². The minimum Gasteiger partial charge on any atom is -0.481 e. The Hall–Kier alpha value is -3.91. The zero-order chi connectivity index (χ0) is 35.6. The highest BCUT2D eigenvalue weighted by Crippen LogP contribution is 2.31. The SMILES string of the molecule is CCC(CC)NC(=O)N[C@H](C(=O)N1CCC(C(=O)N2CCCC2)C1C(=O)N[C@@H](CC(=O)O)C(=O)N[C@@H](CC(C)C)C(=O)O)C(C)(C)C. The maximum Gasteiger partial charge on any atom is 0.326 e. The van der Waals surface area contributed by atoms with Gasteiger partial charge in [0, 0.05) is 25.7 Å². The largest absolute Gasteiger partial charge is 0.481 e. The van der Waals surface area contributed by atoms with Crippen LogP contribution in [0.5, 0.6) is 0 Å². The molecule has 47 heavy (non-hydrogen) atoms. The molecule has 6 amide bonds. The second-order valence-electron chi connectivity index (χ2n) is 14.0. The fourth-order valence-electron chi connectivity index (χ4n) is 6.07. The molecule has 0 spiro atoms. The number of carboxylic acids is 2. The van der Waals surface area contributed by atoms with E-state index in [2.05, 4.69) is 21.3 Å². The lowest BCUT2D eigenvalue weighted by Crippen LogP contribution is -2.62. The predicted octanol–water partition coefficient (Wildman–Crippen LogP) is 1.30. The number of carboxylic acid groups (broad SMARTS) is 2. The van der Waals surface area contributed by atoms with Crippen LogP contribution in [0, 0.1) is 17.3 Å². The van der Waals surface area contributed by atoms with Gasteiger partial charge in [0.2, 0.25) is 23.6 Å². The van der Waals surface area contributed by atoms with Gasteiger partial charge in [-0.15, -0.1) is 0 Å². The van der Waals surface area contributed by atoms with Crippen LogP contribution in [-0.4, -0.2) is 111 Å². The summed E-state index contributed by atoms with van der Waals surface area (Å²) in [4.78, 5) is 94.5. The fourth-order valence-corrected chi connectivity index (χ4v) is 6.07. The highest BCUT2D eigenvalue weighted by Gasteiger charge is 2.50. The molecule has 0 aromatic carbocycles. The molecule has 2 saturated heterocycles. The van der Waals surface area contributed by atoms with E-state index >= 15 is 0 Å². The fraction of sp³-hybridized carbons (Fsp3) is 0.781. The van der Waals surface area contributed by atoms with E-state index < -0.39 is 77.6 Å². The van der Waals surface area contributed by atoms with Crippen molar-refractivity contribution >= 4 is 41.6 Å². The molecule has 0 radical (unpaired) electrons. The number of amides is 6. The smallest absolute Gasteiger partial charge is 0.326 e. The summed E-state index contributed by atoms with van der Waals surface area (Å²) in [6, 6.07) is -6.18. The Morgan fingerprint density at radius 2 is 1.43 bits per heavy atom. The van der Waals surface area contributed by atoms with Gasteiger partial charge in [0.05, 0.1) is 12.3 Å². The number of nitrogens with one attached hydrogen (secondary N) is 4. The predicted molar refractivity (Wildman–Crippen MR) is 172 cm³/mol. The van der Waals surface area contributed by atoms with E-state index in [0.717, 1.165) is 12.8 Å². The van der Waals surface area contributed by atoms with Crippen molar-refractivity contribution in [3.05, 3.63) is 0 Å². The number of nitrogens with zero attached hydrogens (tertiary/aromatic N) is 2. The molecule has 2 aliphatic rings. The lowest BCUT2D eigenvalue weighted by atomic mass is 9.85. The summed E-state index contributed by atoms with van der Waals surface area (Å²) in [6.45, 7) is 13.7. The number of hydrogen-bond donors (Lipinski definition) is 6. The van der Waals surface area contributed by atoms with Crippen LogP contribution < -0.4 is 21.3 Å². The monoisotopic (exact) mass is 666 g/mol. The average molecular weight is 667 g/mol. The van der Waals surface area contributed by atoms with E-state index in [1.54, 1.807) is 39.5 Å². The number of urea groups is 1. The summed E-state index contributed by atoms with van der Waals surface area (Å²) in [5.74, 6) is -6.68. The van der Waals surface area contributed by atoms with Gasteiger partial charge < -0.3 is 41.3 Å². The van der Waals surface area contributed by atoms with E-state index in [-0.39, 0.29) is 37.3 Å². The van der Waals surface area contributed by atoms with Gasteiger partial charge in [-0.05, 0) is 49.9 Å². The number of carbonyl (C=O) groups is 7. The molecule has 2 aliphatic heterocycles. The highest BCUT2D eigenvalue weighted by atomic mass is 16.4. The van der Waals surface area contributed by atoms with Crippen LogP contribution in [0.2, 0.25) is 0 Å². The Kier molecular flexibility index (Phi) is 14.5. The molecule has 0 aromatic heterocycles. The molecular weight excluding hydrogens is 612 g/mol. The van der Waals surface area contributed by atoms with Crippen molar-refractivity contribution in [3.8, 4) is 0 Å². The zero-order valence-electron chi connectivity index (χ0n) is 28.8. The summed E-state index contributed by atoms with van der Waals surface area (Å²) in [7, 11) is 0. The van der Waals surface area contributed by atoms with Crippen molar-refractivity contribution in [3.63, 3.8) is 0 Å². The van der Waals surface area contributed by atoms with Crippen molar-refractivity contribution in [1.29, 1.82) is 0 Å². The Bertz CT molecular complexity index is 1160. The molecule has 15 nitrogen and oxygen atoms in total. The Balaban J connectivity index is 2.45. The Labute approximate surface area is 276 Å². The van der Waals surface area contributed by atoms with Gasteiger partial charge >= 0.3 is 18.0 Å². The maximum absolute atomic E-state index is 14.2. The van der Waals surface area contributed by atoms with Crippen LogP contribution in [0.4, 0.5) is 4.79 Å². The molecule has 2 rings (SSSR count). The number of hydrogen-bond acceptors (Lipinski definition) is 7. The zero-order valence-corrected chi connectivity index (χ0v) is 28.8. The summed E-state index contributed by atoms with van der Waals surface area (Å²) >= 11 is 0. The lowest BCUT2D eigenvalue weighted by molar-refractivity contribution is -0.148. The van der Waals surface area contributed by atoms with Gasteiger partial charge in [0.25, 0.3) is 0 Å². The second-order valence-corrected chi connectivity index (χ2v) is 14.0. The van der Waals surface area contributed by atoms with Crippen LogP contribution in [-0.2, 0) is 28.8 Å². The van der Waals surface area contributed by atoms with Crippen LogP contribution in [0.15, 0.2) is 0 Å². The molecule has 15 heteroatoms. The first-order valence-electron chi connectivity index (χ1n) is 16.6. The van der Waals surface area contributed by atoms with Gasteiger partial charge in [-0.1, -0.05) is 48.5 Å². The minimum absolute atomic E-state index is 0.00879. The average Bonchev–Trinajstić information content (AvgIpc) is 3.67. The maximum atomic E-state index is 14.2. The molecule has 2 unspecified atom stereocenters. The van der Waals surface area contributed by atoms with Gasteiger partial charge in [0.1, 0.15) is 24.2 Å². The highest BCUT2D eigenvalue weighted by molar-refractivity contribution is 5.99. The number of carbonyl (C=O) groups excluding carboxylic acids is 5. The third-order valence-electron chi connectivity index (χ3n) is 8.73. The first kappa shape index (κ1) is 39.3. The van der Waals surface area contributed by atoms with Crippen LogP contribution in [0.25, 0.3) is 0 Å². The van der Waals surface area contributed by atoms with Crippen LogP contribution in [0.3, 0.4) is 0 Å². The molecule has 0 bridgehead atoms. The van der Waals surface area contributed by atoms with E-state index in [0.29, 0.717) is 25.9 Å². The van der Waals surface area contributed by atoms with E-state index in [4.69, 9.17) is 0 Å². The van der Waals surface area contributed by atoms with E-state index in [9.17, 15) is 43.8 Å². The molecule has 6 N–H and O–H groups in total. The van der Waals surface area contributed by atoms with Crippen molar-refractivity contribution in [1.82, 2.24) is 31.1 Å². The first-order valence-corrected chi connectivity index (χ1v) is 16.6. The molecule has 5 atom stereocenters. The molecule has 266 valence electrons. The van der Waals surface area contributed by atoms with Gasteiger partial charge in [0.15, 0.2) is 0 Å². The van der Waals surface area contributed by atoms with E-state index in [1.807, 2.05) is 13.8 Å². The molecule has 0 aromatic rings. The standard InChI is InChI=1S/C32H54N6O9/c1-8-19(9-2)33-31(47)36-25(32(5,6)7)29(44)38-15-12-20(28(43)37-13-10-11-14-37)24(38)27(42)34-21(17-23(39)40)26(41)35-22(30(45)46)16-18(3)4/h18-22,24-25H,8-17H2,1-7H3,(H,34,42)(H,35,41)(H,39,40)(H,45,46)(H2,33,36,47)/t20?,21-,22-,24?,25+/m0/s1. The minimum atomic E-state index is -1.68. The first-order chi connectivity index (χ1) is 21.9. The van der Waals surface area contributed by atoms with Crippen LogP contribution >= 0.6 is 0 Å². The van der Waals surface area contributed by atoms with Gasteiger partial charge in [-0.25, -0.2) is 9.59 Å². The number of aliphatic carboxylic acids is 2. The third-order valence-corrected chi connectivity index (χ3v) is 8.73. The number of rotatable bonds is 15. The van der Waals surface area contributed by atoms with Crippen molar-refractivity contribution < 1.29 is 43.8 Å². The van der Waals surface area contributed by atoms with E-state index in [1.165, 1.54) is 4.90 Å². The number of likely N-dealkylation sites (tertiary alicyclic amines) is 2. The Morgan fingerprint density at radius 3 is 1.91 bits per heavy atom. The molecule has 2 heterocycles. The quantitative estimate of drug-likeness (QED) is 0.148. The molecule has 2 fully saturated rings.